The quantitative estimate of drug-likeness (QED) is 0.363. The molecule has 0 saturated carbocycles. The van der Waals surface area contributed by atoms with E-state index < -0.39 is 0 Å². The zero-order chi connectivity index (χ0) is 23.6. The summed E-state index contributed by atoms with van der Waals surface area (Å²) < 4.78 is 2.24. The maximum atomic E-state index is 6.75. The maximum Gasteiger partial charge on any atom is 0.145 e. The Balaban J connectivity index is 1.98. The summed E-state index contributed by atoms with van der Waals surface area (Å²) in [7, 11) is 13.4. The Bertz CT molecular complexity index is 1450. The van der Waals surface area contributed by atoms with Crippen molar-refractivity contribution in [1.29, 1.82) is 0 Å². The van der Waals surface area contributed by atoms with Gasteiger partial charge < -0.3 is 0 Å². The zero-order valence-electron chi connectivity index (χ0n) is 20.9. The van der Waals surface area contributed by atoms with Gasteiger partial charge in [0.25, 0.3) is 0 Å². The van der Waals surface area contributed by atoms with Crippen LogP contribution in [0.25, 0.3) is 27.5 Å². The zero-order valence-corrected chi connectivity index (χ0v) is 20.9. The summed E-state index contributed by atoms with van der Waals surface area (Å²) in [5, 5.41) is 2.33. The van der Waals surface area contributed by atoms with Crippen molar-refractivity contribution in [2.45, 2.75) is 78.6 Å². The molecule has 4 heteroatoms. The van der Waals surface area contributed by atoms with Crippen LogP contribution in [0, 0.1) is 5.41 Å². The summed E-state index contributed by atoms with van der Waals surface area (Å²) >= 11 is 0. The molecule has 0 N–H and O–H groups in total. The molecule has 0 aliphatic heterocycles. The number of pyridine rings is 1. The Kier molecular flexibility index (Phi) is 4.06. The second kappa shape index (κ2) is 6.01. The first kappa shape index (κ1) is 21.6. The minimum Gasteiger partial charge on any atom is -0.299 e. The lowest BCUT2D eigenvalue weighted by Crippen LogP contribution is -2.44. The number of nitrogens with zero attached hydrogens (tertiary/aromatic N) is 2. The first-order valence-corrected chi connectivity index (χ1v) is 11.6. The fourth-order valence-corrected chi connectivity index (χ4v) is 5.90. The molecule has 1 aliphatic rings. The fraction of sp³-hybridized carbons (Fsp3) is 0.464. The molecule has 160 valence electrons. The monoisotopic (exact) mass is 418 g/mol. The predicted molar refractivity (Wildman–Crippen MR) is 140 cm³/mol. The first-order chi connectivity index (χ1) is 14.6. The highest BCUT2D eigenvalue weighted by Gasteiger charge is 2.58. The molecule has 0 amide bonds. The first-order valence-electron chi connectivity index (χ1n) is 11.6. The number of benzene rings is 2. The van der Waals surface area contributed by atoms with Crippen molar-refractivity contribution in [1.82, 2.24) is 9.38 Å². The molecular weight excluding hydrogens is 386 g/mol. The highest BCUT2D eigenvalue weighted by Crippen LogP contribution is 2.62. The Morgan fingerprint density at radius 3 is 2.09 bits per heavy atom. The number of hydrogen-bond acceptors (Lipinski definition) is 1. The molecule has 2 aromatic heterocycles. The van der Waals surface area contributed by atoms with Crippen molar-refractivity contribution < 1.29 is 0 Å². The van der Waals surface area contributed by atoms with Gasteiger partial charge in [-0.05, 0) is 49.8 Å². The van der Waals surface area contributed by atoms with E-state index in [1.54, 1.807) is 0 Å². The van der Waals surface area contributed by atoms with E-state index in [2.05, 4.69) is 97.2 Å². The van der Waals surface area contributed by atoms with Gasteiger partial charge in [-0.2, -0.15) is 0 Å². The SMILES string of the molecule is [B]c1c2c(c3c(nc4c5ccc(C(C)(C)C)cc5ccn43)c1[B])C(C)(C)C(C)(C)C2(C)C. The third-order valence-electron chi connectivity index (χ3n) is 9.15. The molecule has 32 heavy (non-hydrogen) atoms. The van der Waals surface area contributed by atoms with Crippen LogP contribution in [-0.2, 0) is 16.2 Å². The van der Waals surface area contributed by atoms with E-state index in [1.807, 2.05) is 0 Å². The lowest BCUT2D eigenvalue weighted by molar-refractivity contribution is 0.126. The highest BCUT2D eigenvalue weighted by molar-refractivity contribution is 6.53. The second-order valence-corrected chi connectivity index (χ2v) is 12.3. The van der Waals surface area contributed by atoms with E-state index in [9.17, 15) is 0 Å². The Hall–Kier alpha value is -2.22. The van der Waals surface area contributed by atoms with Crippen molar-refractivity contribution in [3.05, 3.63) is 47.2 Å². The maximum absolute atomic E-state index is 6.75. The van der Waals surface area contributed by atoms with Crippen LogP contribution in [0.3, 0.4) is 0 Å². The van der Waals surface area contributed by atoms with Gasteiger partial charge in [0.05, 0.1) is 11.0 Å². The third kappa shape index (κ3) is 2.37. The third-order valence-corrected chi connectivity index (χ3v) is 9.15. The summed E-state index contributed by atoms with van der Waals surface area (Å²) in [6.07, 6.45) is 2.16. The lowest BCUT2D eigenvalue weighted by atomic mass is 9.58. The van der Waals surface area contributed by atoms with Crippen LogP contribution >= 0.6 is 0 Å². The Morgan fingerprint density at radius 2 is 1.47 bits per heavy atom. The standard InChI is InChI=1S/C28H32B2N2/c1-25(2,3)16-10-11-17-15(14-16)12-13-32-23-19-18(20(29)21(30)22(23)31-24(17)32)26(4,5)28(8,9)27(19,6)7/h10-14H,1-9H3. The number of fused-ring (bicyclic) bond motifs is 7. The van der Waals surface area contributed by atoms with E-state index >= 15 is 0 Å². The van der Waals surface area contributed by atoms with Crippen molar-refractivity contribution >= 4 is 54.1 Å². The second-order valence-electron chi connectivity index (χ2n) is 12.3. The summed E-state index contributed by atoms with van der Waals surface area (Å²) in [6, 6.07) is 8.92. The average molecular weight is 418 g/mol. The van der Waals surface area contributed by atoms with Crippen LogP contribution in [0.5, 0.6) is 0 Å². The molecule has 0 bridgehead atoms. The van der Waals surface area contributed by atoms with Crippen LogP contribution in [0.1, 0.15) is 79.0 Å². The van der Waals surface area contributed by atoms with Crippen LogP contribution in [0.2, 0.25) is 0 Å². The number of imidazole rings is 1. The van der Waals surface area contributed by atoms with Gasteiger partial charge in [-0.15, -0.1) is 0 Å². The summed E-state index contributed by atoms with van der Waals surface area (Å²) in [4.78, 5) is 5.09. The molecule has 0 spiro atoms. The van der Waals surface area contributed by atoms with Crippen LogP contribution in [-0.4, -0.2) is 25.1 Å². The molecule has 2 heterocycles. The molecule has 1 aliphatic carbocycles. The molecule has 4 aromatic rings. The molecule has 4 radical (unpaired) electrons. The number of aromatic nitrogens is 2. The predicted octanol–water partition coefficient (Wildman–Crippen LogP) is 5.12. The Labute approximate surface area is 194 Å². The van der Waals surface area contributed by atoms with Crippen molar-refractivity contribution in [3.8, 4) is 0 Å². The van der Waals surface area contributed by atoms with E-state index in [1.165, 1.54) is 22.1 Å². The number of rotatable bonds is 0. The minimum absolute atomic E-state index is 0.0141. The Morgan fingerprint density at radius 1 is 0.844 bits per heavy atom. The fourth-order valence-electron chi connectivity index (χ4n) is 5.90. The molecule has 2 nitrogen and oxygen atoms in total. The van der Waals surface area contributed by atoms with Crippen LogP contribution in [0.15, 0.2) is 30.5 Å². The van der Waals surface area contributed by atoms with Gasteiger partial charge in [-0.1, -0.05) is 91.4 Å². The molecule has 0 saturated heterocycles. The van der Waals surface area contributed by atoms with Crippen molar-refractivity contribution in [3.63, 3.8) is 0 Å². The molecule has 0 unspecified atom stereocenters. The molecule has 5 rings (SSSR count). The average Bonchev–Trinajstić information content (AvgIpc) is 3.12. The van der Waals surface area contributed by atoms with E-state index in [0.717, 1.165) is 22.1 Å². The van der Waals surface area contributed by atoms with E-state index in [4.69, 9.17) is 20.7 Å². The molecule has 0 atom stereocenters. The molecular formula is C28H32B2N2. The van der Waals surface area contributed by atoms with Crippen molar-refractivity contribution in [2.24, 2.45) is 5.41 Å². The van der Waals surface area contributed by atoms with Gasteiger partial charge in [0, 0.05) is 11.6 Å². The molecule has 0 fully saturated rings. The van der Waals surface area contributed by atoms with Crippen molar-refractivity contribution in [2.75, 3.05) is 0 Å². The smallest absolute Gasteiger partial charge is 0.145 e. The van der Waals surface area contributed by atoms with Gasteiger partial charge in [-0.3, -0.25) is 4.40 Å². The summed E-state index contributed by atoms with van der Waals surface area (Å²) in [5.41, 5.74) is 7.80. The largest absolute Gasteiger partial charge is 0.299 e. The van der Waals surface area contributed by atoms with E-state index in [-0.39, 0.29) is 21.7 Å². The highest BCUT2D eigenvalue weighted by atomic mass is 15.0. The topological polar surface area (TPSA) is 17.3 Å². The normalized spacial score (nSPS) is 19.2. The van der Waals surface area contributed by atoms with E-state index in [0.29, 0.717) is 10.9 Å². The minimum atomic E-state index is -0.124. The van der Waals surface area contributed by atoms with Gasteiger partial charge in [0.15, 0.2) is 0 Å². The number of hydrogen-bond donors (Lipinski definition) is 0. The summed E-state index contributed by atoms with van der Waals surface area (Å²) in [5.74, 6) is 0. The van der Waals surface area contributed by atoms with Gasteiger partial charge >= 0.3 is 0 Å². The van der Waals surface area contributed by atoms with Crippen LogP contribution < -0.4 is 10.9 Å². The molecule has 2 aromatic carbocycles. The van der Waals surface area contributed by atoms with Gasteiger partial charge in [0.2, 0.25) is 0 Å². The van der Waals surface area contributed by atoms with Crippen LogP contribution in [0.4, 0.5) is 0 Å². The van der Waals surface area contributed by atoms with Gasteiger partial charge in [0.1, 0.15) is 21.3 Å². The lowest BCUT2D eigenvalue weighted by Gasteiger charge is -2.44. The summed E-state index contributed by atoms with van der Waals surface area (Å²) in [6.45, 7) is 20.7. The van der Waals surface area contributed by atoms with Gasteiger partial charge in [-0.25, -0.2) is 4.98 Å².